The summed E-state index contributed by atoms with van der Waals surface area (Å²) in [5.41, 5.74) is 3.49. The summed E-state index contributed by atoms with van der Waals surface area (Å²) in [5.74, 6) is -2.58. The number of carbonyl (C=O) groups is 4. The molecule has 13 heteroatoms. The van der Waals surface area contributed by atoms with Gasteiger partial charge in [0.1, 0.15) is 31.3 Å². The Bertz CT molecular complexity index is 939. The predicted molar refractivity (Wildman–Crippen MR) is 143 cm³/mol. The second kappa shape index (κ2) is 20.4. The fourth-order valence-corrected chi connectivity index (χ4v) is 3.36. The quantitative estimate of drug-likeness (QED) is 0.0456. The van der Waals surface area contributed by atoms with Gasteiger partial charge in [-0.1, -0.05) is 32.1 Å². The number of rotatable bonds is 21. The van der Waals surface area contributed by atoms with E-state index in [4.69, 9.17) is 24.2 Å². The largest absolute Gasteiger partial charge is 0.464 e. The summed E-state index contributed by atoms with van der Waals surface area (Å²) in [6.07, 6.45) is 1.77. The minimum Gasteiger partial charge on any atom is -0.464 e. The van der Waals surface area contributed by atoms with Gasteiger partial charge in [0.15, 0.2) is 0 Å². The van der Waals surface area contributed by atoms with Crippen LogP contribution in [0, 0.1) is 5.92 Å². The van der Waals surface area contributed by atoms with Crippen LogP contribution in [-0.4, -0.2) is 79.5 Å². The molecule has 0 spiro atoms. The fourth-order valence-electron chi connectivity index (χ4n) is 3.36. The third kappa shape index (κ3) is 14.6. The van der Waals surface area contributed by atoms with E-state index in [1.165, 1.54) is 19.1 Å². The summed E-state index contributed by atoms with van der Waals surface area (Å²) in [6.45, 7) is 6.79. The molecule has 40 heavy (non-hydrogen) atoms. The number of ether oxygens (including phenoxy) is 3. The molecule has 0 aromatic heterocycles. The Labute approximate surface area is 234 Å². The van der Waals surface area contributed by atoms with Gasteiger partial charge in [-0.05, 0) is 30.5 Å². The molecule has 2 atom stereocenters. The van der Waals surface area contributed by atoms with Crippen molar-refractivity contribution in [2.24, 2.45) is 5.92 Å². The molecule has 1 aromatic rings. The first-order valence-electron chi connectivity index (χ1n) is 13.1. The fraction of sp³-hybridized carbons (Fsp3) is 0.556. The van der Waals surface area contributed by atoms with Crippen molar-refractivity contribution in [1.29, 1.82) is 0 Å². The number of hydrogen-bond acceptors (Lipinski definition) is 12. The lowest BCUT2D eigenvalue weighted by molar-refractivity contribution is -0.144. The number of unbranched alkanes of at least 4 members (excludes halogenated alkanes) is 1. The molecular formula is C27H41N3O10. The van der Waals surface area contributed by atoms with Crippen molar-refractivity contribution in [3.63, 3.8) is 0 Å². The van der Waals surface area contributed by atoms with E-state index in [1.807, 2.05) is 6.92 Å². The van der Waals surface area contributed by atoms with E-state index in [2.05, 4.69) is 22.7 Å². The van der Waals surface area contributed by atoms with Gasteiger partial charge in [-0.2, -0.15) is 5.48 Å². The Balaban J connectivity index is 2.80. The summed E-state index contributed by atoms with van der Waals surface area (Å²) in [4.78, 5) is 53.4. The highest BCUT2D eigenvalue weighted by molar-refractivity contribution is 5.86. The van der Waals surface area contributed by atoms with E-state index in [9.17, 15) is 24.3 Å². The highest BCUT2D eigenvalue weighted by Gasteiger charge is 2.31. The molecule has 0 heterocycles. The van der Waals surface area contributed by atoms with Crippen LogP contribution in [-0.2, 0) is 40.1 Å². The topological polar surface area (TPSA) is 182 Å². The normalized spacial score (nSPS) is 12.1. The number of carbonyl (C=O) groups excluding carboxylic acids is 4. The number of esters is 3. The molecule has 1 aromatic carbocycles. The van der Waals surface area contributed by atoms with Crippen molar-refractivity contribution in [3.8, 4) is 5.75 Å². The Hall–Kier alpha value is -3.52. The molecule has 224 valence electrons. The SMILES string of the molecule is C=C(ONCCCC)C(CCO)C(NCCOC(=O)CCO)C(=O)NCC(=O)Oc1ccc(COC(C)=O)cc1. The van der Waals surface area contributed by atoms with Crippen LogP contribution in [0.4, 0.5) is 0 Å². The number of benzene rings is 1. The molecule has 0 aliphatic rings. The van der Waals surface area contributed by atoms with Gasteiger partial charge < -0.3 is 39.9 Å². The maximum absolute atomic E-state index is 13.1. The molecule has 0 saturated heterocycles. The van der Waals surface area contributed by atoms with E-state index >= 15 is 0 Å². The van der Waals surface area contributed by atoms with Gasteiger partial charge in [0.2, 0.25) is 5.91 Å². The van der Waals surface area contributed by atoms with E-state index < -0.39 is 42.3 Å². The lowest BCUT2D eigenvalue weighted by Gasteiger charge is -2.28. The van der Waals surface area contributed by atoms with Gasteiger partial charge in [0, 0.05) is 32.5 Å². The summed E-state index contributed by atoms with van der Waals surface area (Å²) >= 11 is 0. The summed E-state index contributed by atoms with van der Waals surface area (Å²) < 4.78 is 15.2. The highest BCUT2D eigenvalue weighted by atomic mass is 16.6. The zero-order valence-corrected chi connectivity index (χ0v) is 23.1. The molecule has 13 nitrogen and oxygen atoms in total. The van der Waals surface area contributed by atoms with Gasteiger partial charge in [0.25, 0.3) is 0 Å². The molecule has 1 rings (SSSR count). The maximum atomic E-state index is 13.1. The Morgan fingerprint density at radius 2 is 1.73 bits per heavy atom. The molecule has 2 unspecified atom stereocenters. The first-order valence-corrected chi connectivity index (χ1v) is 13.1. The van der Waals surface area contributed by atoms with Crippen molar-refractivity contribution < 1.29 is 48.4 Å². The number of aliphatic hydroxyl groups excluding tert-OH is 2. The summed E-state index contributed by atoms with van der Waals surface area (Å²) in [6, 6.07) is 5.34. The molecular weight excluding hydrogens is 526 g/mol. The van der Waals surface area contributed by atoms with Crippen molar-refractivity contribution in [1.82, 2.24) is 16.1 Å². The van der Waals surface area contributed by atoms with E-state index in [1.54, 1.807) is 12.1 Å². The molecule has 1 amide bonds. The number of hydrogen-bond donors (Lipinski definition) is 5. The van der Waals surface area contributed by atoms with Gasteiger partial charge in [-0.3, -0.25) is 14.4 Å². The summed E-state index contributed by atoms with van der Waals surface area (Å²) in [7, 11) is 0. The van der Waals surface area contributed by atoms with Crippen LogP contribution in [0.5, 0.6) is 5.75 Å². The molecule has 5 N–H and O–H groups in total. The van der Waals surface area contributed by atoms with Crippen molar-refractivity contribution in [3.05, 3.63) is 42.2 Å². The van der Waals surface area contributed by atoms with Gasteiger partial charge in [0.05, 0.1) is 19.1 Å². The lowest BCUT2D eigenvalue weighted by atomic mass is 9.93. The molecule has 0 aliphatic heterocycles. The minimum absolute atomic E-state index is 0.0673. The average Bonchev–Trinajstić information content (AvgIpc) is 2.93. The van der Waals surface area contributed by atoms with Gasteiger partial charge >= 0.3 is 17.9 Å². The van der Waals surface area contributed by atoms with E-state index in [0.717, 1.165) is 12.8 Å². The molecule has 0 radical (unpaired) electrons. The zero-order chi connectivity index (χ0) is 29.8. The third-order valence-electron chi connectivity index (χ3n) is 5.42. The van der Waals surface area contributed by atoms with Gasteiger partial charge in [-0.25, -0.2) is 4.79 Å². The molecule has 0 aliphatic carbocycles. The minimum atomic E-state index is -1.00. The molecule has 0 fully saturated rings. The van der Waals surface area contributed by atoms with Crippen LogP contribution in [0.3, 0.4) is 0 Å². The number of amides is 1. The standard InChI is InChI=1S/C27H41N3O10/c1-4-5-12-30-40-19(2)23(10-14-31)26(28-13-16-37-24(34)11-15-32)27(36)29-17-25(35)39-22-8-6-21(7-9-22)18-38-20(3)33/h6-9,23,26,28,30-32H,2,4-5,10-18H2,1,3H3,(H,29,36). The van der Waals surface area contributed by atoms with Crippen molar-refractivity contribution >= 4 is 23.8 Å². The average molecular weight is 568 g/mol. The number of nitrogens with one attached hydrogen (secondary N) is 3. The second-order valence-corrected chi connectivity index (χ2v) is 8.68. The Morgan fingerprint density at radius 3 is 2.35 bits per heavy atom. The smallest absolute Gasteiger partial charge is 0.330 e. The highest BCUT2D eigenvalue weighted by Crippen LogP contribution is 2.19. The first kappa shape index (κ1) is 34.5. The summed E-state index contributed by atoms with van der Waals surface area (Å²) in [5, 5.41) is 23.9. The number of aliphatic hydroxyl groups is 2. The monoisotopic (exact) mass is 567 g/mol. The number of hydroxylamine groups is 1. The Kier molecular flexibility index (Phi) is 17.6. The first-order chi connectivity index (χ1) is 19.2. The van der Waals surface area contributed by atoms with Crippen molar-refractivity contribution in [2.45, 2.75) is 52.2 Å². The van der Waals surface area contributed by atoms with E-state index in [-0.39, 0.29) is 57.3 Å². The van der Waals surface area contributed by atoms with Gasteiger partial charge in [-0.15, -0.1) is 0 Å². The lowest BCUT2D eigenvalue weighted by Crippen LogP contribution is -2.52. The predicted octanol–water partition coefficient (Wildman–Crippen LogP) is 0.489. The van der Waals surface area contributed by atoms with Crippen LogP contribution in [0.25, 0.3) is 0 Å². The maximum Gasteiger partial charge on any atom is 0.330 e. The van der Waals surface area contributed by atoms with Crippen LogP contribution in [0.1, 0.15) is 45.1 Å². The van der Waals surface area contributed by atoms with Crippen molar-refractivity contribution in [2.75, 3.05) is 39.5 Å². The molecule has 0 saturated carbocycles. The van der Waals surface area contributed by atoms with Crippen LogP contribution < -0.4 is 20.9 Å². The second-order valence-electron chi connectivity index (χ2n) is 8.68. The van der Waals surface area contributed by atoms with Crippen LogP contribution >= 0.6 is 0 Å². The van der Waals surface area contributed by atoms with Crippen LogP contribution in [0.2, 0.25) is 0 Å². The zero-order valence-electron chi connectivity index (χ0n) is 23.1. The third-order valence-corrected chi connectivity index (χ3v) is 5.42. The van der Waals surface area contributed by atoms with Crippen LogP contribution in [0.15, 0.2) is 36.6 Å². The molecule has 0 bridgehead atoms. The Morgan fingerprint density at radius 1 is 1.00 bits per heavy atom. The van der Waals surface area contributed by atoms with E-state index in [0.29, 0.717) is 12.1 Å².